The lowest BCUT2D eigenvalue weighted by Gasteiger charge is -2.25. The summed E-state index contributed by atoms with van der Waals surface area (Å²) in [5, 5.41) is 2.04. The maximum atomic E-state index is 11.2. The molecule has 9 aromatic rings. The lowest BCUT2D eigenvalue weighted by atomic mass is 10.1. The van der Waals surface area contributed by atoms with Gasteiger partial charge in [0.05, 0.1) is 30.6 Å². The van der Waals surface area contributed by atoms with E-state index in [0.717, 1.165) is 83.3 Å². The first-order valence-corrected chi connectivity index (χ1v) is 20.2. The van der Waals surface area contributed by atoms with Gasteiger partial charge in [0, 0.05) is 50.4 Å². The van der Waals surface area contributed by atoms with Gasteiger partial charge in [0.25, 0.3) is 0 Å². The Kier molecular flexibility index (Phi) is 9.92. The molecular weight excluding hydrogens is 777 g/mol. The number of rotatable bonds is 6. The molecule has 10 heteroatoms. The number of carbonyl (C=O) groups is 3. The Balaban J connectivity index is 1.00. The molecule has 0 fully saturated rings. The van der Waals surface area contributed by atoms with Crippen molar-refractivity contribution in [2.75, 3.05) is 4.90 Å². The van der Waals surface area contributed by atoms with Crippen molar-refractivity contribution in [2.45, 2.75) is 0 Å². The maximum Gasteiger partial charge on any atom is 0.168 e. The Labute approximate surface area is 344 Å². The van der Waals surface area contributed by atoms with Gasteiger partial charge in [0.1, 0.15) is 18.9 Å². The van der Waals surface area contributed by atoms with Crippen molar-refractivity contribution in [3.8, 4) is 35.5 Å². The maximum absolute atomic E-state index is 11.2. The van der Waals surface area contributed by atoms with E-state index >= 15 is 0 Å². The van der Waals surface area contributed by atoms with Gasteiger partial charge < -0.3 is 4.90 Å². The van der Waals surface area contributed by atoms with Gasteiger partial charge in [-0.05, 0) is 145 Å². The molecule has 0 bridgehead atoms. The highest BCUT2D eigenvalue weighted by atomic mass is 32.1. The minimum atomic E-state index is 0.613. The van der Waals surface area contributed by atoms with Crippen molar-refractivity contribution in [2.24, 2.45) is 0 Å². The average Bonchev–Trinajstić information content (AvgIpc) is 4.01. The van der Waals surface area contributed by atoms with Crippen LogP contribution >= 0.6 is 34.0 Å². The second kappa shape index (κ2) is 15.9. The molecule has 9 rings (SSSR count). The van der Waals surface area contributed by atoms with Gasteiger partial charge in [-0.3, -0.25) is 14.4 Å². The lowest BCUT2D eigenvalue weighted by Crippen LogP contribution is -2.09. The Morgan fingerprint density at radius 3 is 0.948 bits per heavy atom. The van der Waals surface area contributed by atoms with E-state index < -0.39 is 0 Å². The minimum absolute atomic E-state index is 0.613. The number of carbonyl (C=O) groups excluding carboxylic acids is 3. The Bertz CT molecular complexity index is 2900. The van der Waals surface area contributed by atoms with Gasteiger partial charge in [0.2, 0.25) is 0 Å². The van der Waals surface area contributed by atoms with Gasteiger partial charge in [0.15, 0.2) is 15.0 Å². The van der Waals surface area contributed by atoms with E-state index in [2.05, 4.69) is 55.4 Å². The van der Waals surface area contributed by atoms with Gasteiger partial charge >= 0.3 is 0 Å². The number of fused-ring (bicyclic) bond motifs is 3. The van der Waals surface area contributed by atoms with Gasteiger partial charge in [-0.25, -0.2) is 15.0 Å². The van der Waals surface area contributed by atoms with E-state index in [0.29, 0.717) is 31.7 Å². The number of aldehydes is 3. The van der Waals surface area contributed by atoms with E-state index in [1.54, 1.807) is 18.2 Å². The topological polar surface area (TPSA) is 93.1 Å². The third-order valence-electron chi connectivity index (χ3n) is 8.96. The molecule has 272 valence electrons. The Hall–Kier alpha value is -7.52. The average molecular weight is 801 g/mol. The zero-order valence-corrected chi connectivity index (χ0v) is 32.5. The first-order chi connectivity index (χ1) is 28.5. The van der Waals surface area contributed by atoms with Crippen LogP contribution in [0.3, 0.4) is 0 Å². The third-order valence-corrected chi connectivity index (χ3v) is 11.8. The molecule has 0 spiro atoms. The molecule has 0 aliphatic rings. The largest absolute Gasteiger partial charge is 0.311 e. The Morgan fingerprint density at radius 1 is 0.379 bits per heavy atom. The van der Waals surface area contributed by atoms with Crippen LogP contribution in [0.15, 0.2) is 127 Å². The molecule has 0 N–H and O–H groups in total. The zero-order chi connectivity index (χ0) is 39.4. The van der Waals surface area contributed by atoms with Crippen LogP contribution in [0.2, 0.25) is 0 Å². The quantitative estimate of drug-likeness (QED) is 0.122. The summed E-state index contributed by atoms with van der Waals surface area (Å²) in [6, 6.07) is 40.4. The predicted molar refractivity (Wildman–Crippen MR) is 234 cm³/mol. The van der Waals surface area contributed by atoms with Gasteiger partial charge in [-0.2, -0.15) is 0 Å². The molecule has 3 aromatic heterocycles. The second-order valence-electron chi connectivity index (χ2n) is 12.8. The van der Waals surface area contributed by atoms with Gasteiger partial charge in [-0.15, -0.1) is 34.0 Å². The predicted octanol–water partition coefficient (Wildman–Crippen LogP) is 10.6. The van der Waals surface area contributed by atoms with Crippen molar-refractivity contribution in [1.82, 2.24) is 15.0 Å². The molecule has 3 heterocycles. The molecule has 0 saturated heterocycles. The molecule has 0 saturated carbocycles. The van der Waals surface area contributed by atoms with Crippen LogP contribution < -0.4 is 4.90 Å². The van der Waals surface area contributed by atoms with Crippen LogP contribution in [-0.2, 0) is 0 Å². The number of nitrogens with zero attached hydrogens (tertiary/aromatic N) is 4. The van der Waals surface area contributed by atoms with Crippen LogP contribution in [-0.4, -0.2) is 33.8 Å². The van der Waals surface area contributed by atoms with E-state index in [-0.39, 0.29) is 0 Å². The number of hydrogen-bond donors (Lipinski definition) is 0. The molecule has 58 heavy (non-hydrogen) atoms. The highest BCUT2D eigenvalue weighted by Gasteiger charge is 2.13. The van der Waals surface area contributed by atoms with Crippen molar-refractivity contribution in [3.63, 3.8) is 0 Å². The SMILES string of the molecule is O=Cc1ccc2nc(C#Cc3ccc(N(c4ccc(C#Cc5nc6ccc(C=O)cc6s5)cc4)c4ccc(C#Cc5nc6ccc(C=O)cc6s5)cc4)cc3)sc2c1. The molecule has 0 radical (unpaired) electrons. The third kappa shape index (κ3) is 7.79. The molecular formula is C48H24N4O3S3. The summed E-state index contributed by atoms with van der Waals surface area (Å²) in [6.45, 7) is 0. The van der Waals surface area contributed by atoms with E-state index in [4.69, 9.17) is 0 Å². The second-order valence-corrected chi connectivity index (χ2v) is 15.9. The number of hydrogen-bond acceptors (Lipinski definition) is 10. The van der Waals surface area contributed by atoms with Crippen LogP contribution in [0.5, 0.6) is 0 Å². The number of benzene rings is 6. The summed E-state index contributed by atoms with van der Waals surface area (Å²) < 4.78 is 2.77. The van der Waals surface area contributed by atoms with E-state index in [9.17, 15) is 14.4 Å². The summed E-state index contributed by atoms with van der Waals surface area (Å²) in [4.78, 5) is 49.6. The number of anilines is 3. The van der Waals surface area contributed by atoms with E-state index in [1.165, 1.54) is 34.0 Å². The zero-order valence-electron chi connectivity index (χ0n) is 30.1. The molecule has 0 unspecified atom stereocenters. The van der Waals surface area contributed by atoms with Crippen molar-refractivity contribution in [3.05, 3.63) is 176 Å². The minimum Gasteiger partial charge on any atom is -0.311 e. The molecule has 0 atom stereocenters. The molecule has 0 amide bonds. The first-order valence-electron chi connectivity index (χ1n) is 17.7. The summed E-state index contributed by atoms with van der Waals surface area (Å²) in [5.41, 5.74) is 9.58. The highest BCUT2D eigenvalue weighted by Crippen LogP contribution is 2.35. The molecule has 7 nitrogen and oxygen atoms in total. The summed E-state index contributed by atoms with van der Waals surface area (Å²) in [5.74, 6) is 19.2. The molecule has 0 aliphatic heterocycles. The van der Waals surface area contributed by atoms with Crippen LogP contribution in [0.1, 0.15) is 62.8 Å². The number of thiazole rings is 3. The molecule has 6 aromatic carbocycles. The Morgan fingerprint density at radius 2 is 0.672 bits per heavy atom. The standard InChI is InChI=1S/C48H24N4O3S3/c53-28-34-7-19-40-43(25-34)56-46(49-40)22-10-31-1-13-37(14-2-31)52(38-15-3-32(4-16-38)11-23-47-50-41-20-8-35(29-54)26-44(41)57-47)39-17-5-33(6-18-39)12-24-48-51-42-21-9-36(30-55)27-45(42)58-48/h1-9,13-21,25-30H. The normalized spacial score (nSPS) is 10.6. The highest BCUT2D eigenvalue weighted by molar-refractivity contribution is 7.19. The van der Waals surface area contributed by atoms with E-state index in [1.807, 2.05) is 109 Å². The van der Waals surface area contributed by atoms with Gasteiger partial charge in [-0.1, -0.05) is 17.8 Å². The van der Waals surface area contributed by atoms with Crippen molar-refractivity contribution >= 4 is 101 Å². The van der Waals surface area contributed by atoms with Crippen LogP contribution in [0.25, 0.3) is 30.6 Å². The van der Waals surface area contributed by atoms with Crippen molar-refractivity contribution < 1.29 is 14.4 Å². The smallest absolute Gasteiger partial charge is 0.168 e. The van der Waals surface area contributed by atoms with Crippen molar-refractivity contribution in [1.29, 1.82) is 0 Å². The van der Waals surface area contributed by atoms with Crippen LogP contribution in [0, 0.1) is 35.5 Å². The monoisotopic (exact) mass is 800 g/mol. The summed E-state index contributed by atoms with van der Waals surface area (Å²) >= 11 is 4.38. The fourth-order valence-electron chi connectivity index (χ4n) is 6.11. The first kappa shape index (κ1) is 36.1. The fraction of sp³-hybridized carbons (Fsp3) is 0. The fourth-order valence-corrected chi connectivity index (χ4v) is 8.71. The molecule has 0 aliphatic carbocycles. The number of aromatic nitrogens is 3. The lowest BCUT2D eigenvalue weighted by molar-refractivity contribution is 0.111. The summed E-state index contributed by atoms with van der Waals surface area (Å²) in [7, 11) is 0. The summed E-state index contributed by atoms with van der Waals surface area (Å²) in [6.07, 6.45) is 2.49. The van der Waals surface area contributed by atoms with Crippen LogP contribution in [0.4, 0.5) is 17.1 Å².